The molecular formula is C11H7N3S. The predicted molar refractivity (Wildman–Crippen MR) is 57.4 cm³/mol. The summed E-state index contributed by atoms with van der Waals surface area (Å²) in [5.41, 5.74) is 0.773. The van der Waals surface area contributed by atoms with Crippen molar-refractivity contribution in [2.24, 2.45) is 0 Å². The summed E-state index contributed by atoms with van der Waals surface area (Å²) in [6.07, 6.45) is 0. The van der Waals surface area contributed by atoms with Gasteiger partial charge in [0.1, 0.15) is 10.7 Å². The number of rotatable bonds is 3. The van der Waals surface area contributed by atoms with Crippen LogP contribution < -0.4 is 0 Å². The first-order chi connectivity index (χ1) is 7.33. The topological polar surface area (TPSA) is 71.4 Å². The molecular weight excluding hydrogens is 206 g/mol. The summed E-state index contributed by atoms with van der Waals surface area (Å²) in [6, 6.07) is 13.1. The summed E-state index contributed by atoms with van der Waals surface area (Å²) >= 11 is 0.826. The van der Waals surface area contributed by atoms with E-state index in [2.05, 4.69) is 6.07 Å². The van der Waals surface area contributed by atoms with Crippen molar-refractivity contribution in [3.05, 3.63) is 35.9 Å². The summed E-state index contributed by atoms with van der Waals surface area (Å²) in [7, 11) is 0. The van der Waals surface area contributed by atoms with Crippen molar-refractivity contribution in [2.75, 3.05) is 0 Å². The monoisotopic (exact) mass is 213 g/mol. The molecule has 1 rings (SSSR count). The Morgan fingerprint density at radius 1 is 1.00 bits per heavy atom. The van der Waals surface area contributed by atoms with Gasteiger partial charge in [0.05, 0.1) is 18.1 Å². The second-order valence-corrected chi connectivity index (χ2v) is 3.70. The Kier molecular flexibility index (Phi) is 4.23. The molecule has 1 aromatic carbocycles. The third-order valence-corrected chi connectivity index (χ3v) is 2.64. The maximum atomic E-state index is 8.98. The molecule has 0 unspecified atom stereocenters. The van der Waals surface area contributed by atoms with Gasteiger partial charge in [0.15, 0.2) is 0 Å². The van der Waals surface area contributed by atoms with Gasteiger partial charge in [0, 0.05) is 0 Å². The standard InChI is InChI=1S/C11H7N3S/c12-6-10(11(7-13)15-8-14)9-4-2-1-3-5-9/h1-5,10-11H/t10-,11-/m1/s1. The lowest BCUT2D eigenvalue weighted by Gasteiger charge is -2.11. The average molecular weight is 213 g/mol. The number of benzene rings is 1. The molecule has 4 heteroatoms. The lowest BCUT2D eigenvalue weighted by molar-refractivity contribution is 0.906. The summed E-state index contributed by atoms with van der Waals surface area (Å²) in [5, 5.41) is 27.6. The maximum absolute atomic E-state index is 8.98. The van der Waals surface area contributed by atoms with Crippen molar-refractivity contribution in [1.82, 2.24) is 0 Å². The molecule has 0 amide bonds. The van der Waals surface area contributed by atoms with Crippen molar-refractivity contribution < 1.29 is 0 Å². The fourth-order valence-corrected chi connectivity index (χ4v) is 1.72. The number of hydrogen-bond donors (Lipinski definition) is 0. The first-order valence-electron chi connectivity index (χ1n) is 4.22. The molecule has 0 bridgehead atoms. The maximum Gasteiger partial charge on any atom is 0.134 e. The number of hydrogen-bond acceptors (Lipinski definition) is 4. The van der Waals surface area contributed by atoms with Gasteiger partial charge in [0.25, 0.3) is 0 Å². The molecule has 72 valence electrons. The van der Waals surface area contributed by atoms with Crippen LogP contribution >= 0.6 is 11.8 Å². The molecule has 0 aliphatic carbocycles. The lowest BCUT2D eigenvalue weighted by Crippen LogP contribution is -2.11. The van der Waals surface area contributed by atoms with E-state index < -0.39 is 11.2 Å². The molecule has 0 radical (unpaired) electrons. The highest BCUT2D eigenvalue weighted by Crippen LogP contribution is 2.27. The van der Waals surface area contributed by atoms with Crippen LogP contribution in [-0.2, 0) is 0 Å². The van der Waals surface area contributed by atoms with E-state index >= 15 is 0 Å². The minimum Gasteiger partial charge on any atom is -0.198 e. The molecule has 0 fully saturated rings. The van der Waals surface area contributed by atoms with Crippen molar-refractivity contribution >= 4 is 11.8 Å². The molecule has 0 saturated heterocycles. The highest BCUT2D eigenvalue weighted by molar-refractivity contribution is 8.04. The van der Waals surface area contributed by atoms with E-state index in [0.717, 1.165) is 17.3 Å². The van der Waals surface area contributed by atoms with Crippen LogP contribution in [-0.4, -0.2) is 5.25 Å². The molecule has 0 spiro atoms. The Morgan fingerprint density at radius 3 is 2.13 bits per heavy atom. The third-order valence-electron chi connectivity index (χ3n) is 1.91. The molecule has 0 N–H and O–H groups in total. The van der Waals surface area contributed by atoms with E-state index in [-0.39, 0.29) is 0 Å². The van der Waals surface area contributed by atoms with E-state index in [1.807, 2.05) is 29.7 Å². The molecule has 3 nitrogen and oxygen atoms in total. The highest BCUT2D eigenvalue weighted by atomic mass is 32.2. The average Bonchev–Trinajstić information content (AvgIpc) is 2.30. The first-order valence-corrected chi connectivity index (χ1v) is 5.10. The number of nitriles is 3. The molecule has 2 atom stereocenters. The van der Waals surface area contributed by atoms with Gasteiger partial charge in [-0.1, -0.05) is 30.3 Å². The smallest absolute Gasteiger partial charge is 0.134 e. The zero-order valence-corrected chi connectivity index (χ0v) is 8.61. The van der Waals surface area contributed by atoms with E-state index in [9.17, 15) is 0 Å². The number of thioether (sulfide) groups is 1. The molecule has 1 aromatic rings. The van der Waals surface area contributed by atoms with Crippen molar-refractivity contribution in [2.45, 2.75) is 11.2 Å². The molecule has 0 aromatic heterocycles. The van der Waals surface area contributed by atoms with E-state index in [1.54, 1.807) is 12.1 Å². The van der Waals surface area contributed by atoms with Crippen LogP contribution in [0.4, 0.5) is 0 Å². The Morgan fingerprint density at radius 2 is 1.67 bits per heavy atom. The summed E-state index contributed by atoms with van der Waals surface area (Å²) in [6.45, 7) is 0. The van der Waals surface area contributed by atoms with Gasteiger partial charge >= 0.3 is 0 Å². The molecule has 0 aliphatic rings. The van der Waals surface area contributed by atoms with Crippen LogP contribution in [0.25, 0.3) is 0 Å². The van der Waals surface area contributed by atoms with Crippen LogP contribution in [0, 0.1) is 33.3 Å². The summed E-state index contributed by atoms with van der Waals surface area (Å²) < 4.78 is 0. The minimum atomic E-state index is -0.637. The Bertz CT molecular complexity index is 436. The van der Waals surface area contributed by atoms with Gasteiger partial charge in [0.2, 0.25) is 0 Å². The Balaban J connectivity index is 2.96. The van der Waals surface area contributed by atoms with Gasteiger partial charge < -0.3 is 0 Å². The highest BCUT2D eigenvalue weighted by Gasteiger charge is 2.23. The SMILES string of the molecule is N#CS[C@H](C#N)[C@H](C#N)c1ccccc1. The van der Waals surface area contributed by atoms with Crippen molar-refractivity contribution in [3.63, 3.8) is 0 Å². The van der Waals surface area contributed by atoms with Crippen LogP contribution in [0.15, 0.2) is 30.3 Å². The van der Waals surface area contributed by atoms with Crippen LogP contribution in [0.2, 0.25) is 0 Å². The zero-order valence-electron chi connectivity index (χ0n) is 7.79. The number of thiocyanates is 1. The molecule has 0 heterocycles. The summed E-state index contributed by atoms with van der Waals surface area (Å²) in [5.74, 6) is -0.555. The summed E-state index contributed by atoms with van der Waals surface area (Å²) in [4.78, 5) is 0. The molecule has 15 heavy (non-hydrogen) atoms. The predicted octanol–water partition coefficient (Wildman–Crippen LogP) is 2.40. The van der Waals surface area contributed by atoms with Crippen LogP contribution in [0.5, 0.6) is 0 Å². The third kappa shape index (κ3) is 2.74. The van der Waals surface area contributed by atoms with Gasteiger partial charge in [-0.2, -0.15) is 15.8 Å². The van der Waals surface area contributed by atoms with Gasteiger partial charge in [-0.25, -0.2) is 0 Å². The van der Waals surface area contributed by atoms with Gasteiger partial charge in [-0.15, -0.1) is 0 Å². The lowest BCUT2D eigenvalue weighted by atomic mass is 9.98. The quantitative estimate of drug-likeness (QED) is 0.723. The second kappa shape index (κ2) is 5.70. The van der Waals surface area contributed by atoms with E-state index in [1.165, 1.54) is 0 Å². The first kappa shape index (κ1) is 11.1. The Labute approximate surface area is 92.6 Å². The largest absolute Gasteiger partial charge is 0.198 e. The second-order valence-electron chi connectivity index (χ2n) is 2.78. The Hall–Kier alpha value is -1.96. The minimum absolute atomic E-state index is 0.555. The van der Waals surface area contributed by atoms with Crippen molar-refractivity contribution in [3.8, 4) is 17.5 Å². The van der Waals surface area contributed by atoms with Gasteiger partial charge in [-0.05, 0) is 17.3 Å². The van der Waals surface area contributed by atoms with Crippen LogP contribution in [0.3, 0.4) is 0 Å². The zero-order chi connectivity index (χ0) is 11.1. The number of nitrogens with zero attached hydrogens (tertiary/aromatic N) is 3. The fraction of sp³-hybridized carbons (Fsp3) is 0.182. The van der Waals surface area contributed by atoms with Crippen LogP contribution in [0.1, 0.15) is 11.5 Å². The fourth-order valence-electron chi connectivity index (χ4n) is 1.20. The van der Waals surface area contributed by atoms with E-state index in [0.29, 0.717) is 0 Å². The normalized spacial score (nSPS) is 12.9. The van der Waals surface area contributed by atoms with Crippen molar-refractivity contribution in [1.29, 1.82) is 15.8 Å². The molecule has 0 aliphatic heterocycles. The molecule has 0 saturated carbocycles. The van der Waals surface area contributed by atoms with E-state index in [4.69, 9.17) is 15.8 Å². The van der Waals surface area contributed by atoms with Gasteiger partial charge in [-0.3, -0.25) is 0 Å².